The van der Waals surface area contributed by atoms with Gasteiger partial charge in [-0.05, 0) is 0 Å². The van der Waals surface area contributed by atoms with Crippen LogP contribution in [-0.2, 0) is 0 Å². The Bertz CT molecular complexity index is 1240. The van der Waals surface area contributed by atoms with Gasteiger partial charge in [0.2, 0.25) is 0 Å². The van der Waals surface area contributed by atoms with E-state index in [9.17, 15) is 0 Å². The molecule has 0 saturated heterocycles. The summed E-state index contributed by atoms with van der Waals surface area (Å²) in [6, 6.07) is 5.97. The van der Waals surface area contributed by atoms with Crippen LogP contribution in [0.3, 0.4) is 0 Å². The Kier molecular flexibility index (Phi) is 28.5. The zero-order chi connectivity index (χ0) is 43.0. The van der Waals surface area contributed by atoms with E-state index in [-0.39, 0.29) is 0 Å². The van der Waals surface area contributed by atoms with Gasteiger partial charge in [0.25, 0.3) is 0 Å². The molecule has 0 N–H and O–H groups in total. The summed E-state index contributed by atoms with van der Waals surface area (Å²) in [6.07, 6.45) is 46.8. The Morgan fingerprint density at radius 2 is 0.610 bits per heavy atom. The SMILES string of the molecule is CCCCCCCCCCC(CCCCCCCC)[CH2][Ge]1([CH2]C(CCCCCCCC)CCCCCCCCCC)[c]2c[c]([Sn]([CH3])([CH3])[CH3])sc2-c2s[c]([Sn]([CH3])([CH3])[CH3])c[c]21. The Labute approximate surface area is 390 Å². The Hall–Kier alpha value is 1.54. The van der Waals surface area contributed by atoms with E-state index < -0.39 is 50.0 Å². The summed E-state index contributed by atoms with van der Waals surface area (Å²) >= 11 is -2.56. The molecule has 0 nitrogen and oxygen atoms in total. The van der Waals surface area contributed by atoms with Crippen LogP contribution < -0.4 is 14.6 Å². The topological polar surface area (TPSA) is 0 Å². The molecule has 2 aromatic heterocycles. The van der Waals surface area contributed by atoms with Gasteiger partial charge in [0.05, 0.1) is 0 Å². The van der Waals surface area contributed by atoms with Gasteiger partial charge in [-0.1, -0.05) is 0 Å². The van der Waals surface area contributed by atoms with E-state index >= 15 is 0 Å². The molecule has 0 spiro atoms. The van der Waals surface area contributed by atoms with Crippen molar-refractivity contribution in [3.8, 4) is 9.75 Å². The molecule has 2 atom stereocenters. The van der Waals surface area contributed by atoms with Gasteiger partial charge in [-0.15, -0.1) is 0 Å². The number of rotatable bonds is 38. The van der Waals surface area contributed by atoms with E-state index in [1.54, 1.807) is 10.5 Å². The van der Waals surface area contributed by atoms with E-state index in [1.165, 1.54) is 205 Å². The maximum atomic E-state index is 2.99. The molecule has 0 saturated carbocycles. The molecule has 0 aliphatic carbocycles. The Morgan fingerprint density at radius 1 is 0.373 bits per heavy atom. The van der Waals surface area contributed by atoms with Gasteiger partial charge in [-0.2, -0.15) is 0 Å². The summed E-state index contributed by atoms with van der Waals surface area (Å²) in [5.41, 5.74) is 0. The summed E-state index contributed by atoms with van der Waals surface area (Å²) in [5, 5.41) is 3.25. The Morgan fingerprint density at radius 3 is 0.847 bits per heavy atom. The molecule has 2 aromatic rings. The predicted octanol–water partition coefficient (Wildman–Crippen LogP) is 18.2. The third-order valence-corrected chi connectivity index (χ3v) is 47.7. The average molecular weight is 1130 g/mol. The van der Waals surface area contributed by atoms with E-state index in [1.807, 2.05) is 24.3 Å². The summed E-state index contributed by atoms with van der Waals surface area (Å²) in [7, 11) is 0. The number of hydrogen-bond acceptors (Lipinski definition) is 2. The number of thiophene rings is 2. The van der Waals surface area contributed by atoms with Crippen molar-refractivity contribution in [3.63, 3.8) is 0 Å². The summed E-state index contributed by atoms with van der Waals surface area (Å²) in [5.74, 6) is 1.89. The van der Waals surface area contributed by atoms with Gasteiger partial charge in [0.1, 0.15) is 0 Å². The van der Waals surface area contributed by atoms with E-state index in [2.05, 4.69) is 92.1 Å². The molecule has 2 unspecified atom stereocenters. The van der Waals surface area contributed by atoms with E-state index in [0.717, 1.165) is 11.8 Å². The van der Waals surface area contributed by atoms with Crippen LogP contribution in [0, 0.1) is 11.8 Å². The van der Waals surface area contributed by atoms with Crippen LogP contribution in [-0.4, -0.2) is 50.0 Å². The van der Waals surface area contributed by atoms with Crippen LogP contribution in [0.4, 0.5) is 0 Å². The second-order valence-electron chi connectivity index (χ2n) is 22.1. The molecule has 1 aliphatic rings. The maximum absolute atomic E-state index is 2.99. The average Bonchev–Trinajstić information content (AvgIpc) is 3.90. The van der Waals surface area contributed by atoms with Gasteiger partial charge >= 0.3 is 394 Å². The van der Waals surface area contributed by atoms with Crippen LogP contribution in [0.25, 0.3) is 9.75 Å². The second-order valence-corrected chi connectivity index (χ2v) is 63.5. The molecule has 0 fully saturated rings. The molecule has 3 rings (SSSR count). The van der Waals surface area contributed by atoms with Crippen molar-refractivity contribution in [2.75, 3.05) is 0 Å². The van der Waals surface area contributed by atoms with Crippen LogP contribution in [0.15, 0.2) is 12.1 Å². The zero-order valence-electron chi connectivity index (χ0n) is 41.7. The minimum absolute atomic E-state index is 0.945. The van der Waals surface area contributed by atoms with Crippen LogP contribution in [0.2, 0.25) is 40.1 Å². The van der Waals surface area contributed by atoms with Crippen LogP contribution in [0.1, 0.15) is 233 Å². The summed E-state index contributed by atoms with van der Waals surface area (Å²) in [4.78, 5) is 20.0. The van der Waals surface area contributed by atoms with Gasteiger partial charge < -0.3 is 0 Å². The number of hydrogen-bond donors (Lipinski definition) is 0. The molecule has 3 heterocycles. The van der Waals surface area contributed by atoms with Gasteiger partial charge in [0.15, 0.2) is 0 Å². The van der Waals surface area contributed by atoms with Gasteiger partial charge in [0, 0.05) is 0 Å². The first-order chi connectivity index (χ1) is 28.4. The fraction of sp³-hybridized carbons (Fsp3) is 0.852. The van der Waals surface area contributed by atoms with Crippen molar-refractivity contribution in [1.82, 2.24) is 0 Å². The molecule has 59 heavy (non-hydrogen) atoms. The van der Waals surface area contributed by atoms with Crippen molar-refractivity contribution in [2.24, 2.45) is 11.8 Å². The van der Waals surface area contributed by atoms with Gasteiger partial charge in [-0.3, -0.25) is 0 Å². The fourth-order valence-corrected chi connectivity index (χ4v) is 41.2. The van der Waals surface area contributed by atoms with Crippen molar-refractivity contribution < 1.29 is 0 Å². The minimum atomic E-state index is -2.74. The first kappa shape index (κ1) is 54.9. The predicted molar refractivity (Wildman–Crippen MR) is 286 cm³/mol. The Balaban J connectivity index is 2.02. The quantitative estimate of drug-likeness (QED) is 0.0464. The molecule has 0 amide bonds. The summed E-state index contributed by atoms with van der Waals surface area (Å²) < 4.78 is 7.87. The van der Waals surface area contributed by atoms with Gasteiger partial charge in [-0.25, -0.2) is 0 Å². The van der Waals surface area contributed by atoms with Crippen LogP contribution in [0.5, 0.6) is 0 Å². The van der Waals surface area contributed by atoms with Crippen molar-refractivity contribution >= 4 is 87.3 Å². The monoisotopic (exact) mass is 1130 g/mol. The number of fused-ring (bicyclic) bond motifs is 3. The number of unbranched alkanes of at least 4 members (excludes halogenated alkanes) is 24. The molecule has 1 aliphatic heterocycles. The van der Waals surface area contributed by atoms with E-state index in [4.69, 9.17) is 0 Å². The normalized spacial score (nSPS) is 14.9. The van der Waals surface area contributed by atoms with Crippen molar-refractivity contribution in [1.29, 1.82) is 0 Å². The molecule has 0 radical (unpaired) electrons. The molecular formula is C54H102GeS2Sn2. The van der Waals surface area contributed by atoms with E-state index in [0.29, 0.717) is 0 Å². The third kappa shape index (κ3) is 19.9. The van der Waals surface area contributed by atoms with Crippen molar-refractivity contribution in [2.45, 2.75) is 273 Å². The molecular weight excluding hydrogens is 1020 g/mol. The fourth-order valence-electron chi connectivity index (χ4n) is 10.5. The third-order valence-electron chi connectivity index (χ3n) is 14.3. The van der Waals surface area contributed by atoms with Crippen molar-refractivity contribution in [3.05, 3.63) is 12.1 Å². The zero-order valence-corrected chi connectivity index (χ0v) is 51.1. The first-order valence-corrected chi connectivity index (χ1v) is 53.4. The first-order valence-electron chi connectivity index (χ1n) is 26.7. The molecule has 5 heteroatoms. The second kappa shape index (κ2) is 30.7. The summed E-state index contributed by atoms with van der Waals surface area (Å²) in [6.45, 7) is 9.47. The molecule has 0 bridgehead atoms. The molecule has 0 aromatic carbocycles. The van der Waals surface area contributed by atoms with Crippen LogP contribution >= 0.6 is 22.7 Å². The molecule has 342 valence electrons. The standard InChI is InChI=1S/C48H84GeS2.6CH3.2Sn/c1-5-9-13-17-21-23-27-31-35-43(33-29-25-19-15-11-7-3)41-49(45-37-39-50-47(45)48-46(49)38-40-51-48)42-44(34-30-26-20-16-12-8-4)36-32-28-24-22-18-14-10-6-2;;;;;;;;/h37-38,43-44H,5-36,41-42H2,1-4H3;6*1H3;;.